The van der Waals surface area contributed by atoms with Crippen molar-refractivity contribution in [2.24, 2.45) is 0 Å². The van der Waals surface area contributed by atoms with Crippen molar-refractivity contribution >= 4 is 17.4 Å². The summed E-state index contributed by atoms with van der Waals surface area (Å²) in [4.78, 5) is 24.8. The lowest BCUT2D eigenvalue weighted by Gasteiger charge is -2.25. The minimum absolute atomic E-state index is 0.000212. The first-order valence-corrected chi connectivity index (χ1v) is 9.67. The topological polar surface area (TPSA) is 93.9 Å². The number of nitro groups is 1. The Labute approximate surface area is 168 Å². The molecule has 1 atom stereocenters. The summed E-state index contributed by atoms with van der Waals surface area (Å²) in [6, 6.07) is 11.0. The first-order valence-electron chi connectivity index (χ1n) is 9.67. The van der Waals surface area contributed by atoms with E-state index >= 15 is 0 Å². The second kappa shape index (κ2) is 7.27. The van der Waals surface area contributed by atoms with E-state index in [1.54, 1.807) is 31.3 Å². The van der Waals surface area contributed by atoms with E-state index in [1.807, 2.05) is 13.0 Å². The van der Waals surface area contributed by atoms with Crippen LogP contribution in [0, 0.1) is 10.1 Å². The number of hydrogen-bond donors (Lipinski definition) is 1. The zero-order chi connectivity index (χ0) is 20.6. The fourth-order valence-electron chi connectivity index (χ4n) is 3.80. The summed E-state index contributed by atoms with van der Waals surface area (Å²) in [6.45, 7) is 1.82. The van der Waals surface area contributed by atoms with E-state index in [-0.39, 0.29) is 17.8 Å². The molecule has 1 N–H and O–H groups in total. The average Bonchev–Trinajstić information content (AvgIpc) is 3.32. The number of anilines is 1. The van der Waals surface area contributed by atoms with Gasteiger partial charge in [0.05, 0.1) is 11.0 Å². The molecule has 2 amide bonds. The van der Waals surface area contributed by atoms with E-state index in [1.165, 1.54) is 17.0 Å². The number of rotatable bonds is 4. The van der Waals surface area contributed by atoms with Crippen LogP contribution in [0.3, 0.4) is 0 Å². The summed E-state index contributed by atoms with van der Waals surface area (Å²) in [6.07, 6.45) is 3.90. The maximum atomic E-state index is 12.7. The Kier molecular flexibility index (Phi) is 4.77. The molecule has 1 saturated carbocycles. The van der Waals surface area contributed by atoms with Gasteiger partial charge in [-0.25, -0.2) is 4.79 Å². The second-order valence-electron chi connectivity index (χ2n) is 7.55. The number of benzene rings is 2. The van der Waals surface area contributed by atoms with Gasteiger partial charge in [-0.3, -0.25) is 10.1 Å². The Hall–Kier alpha value is -3.29. The molecule has 1 aliphatic carbocycles. The van der Waals surface area contributed by atoms with E-state index in [0.717, 1.165) is 25.7 Å². The summed E-state index contributed by atoms with van der Waals surface area (Å²) in [5.74, 6) is 0.792. The molecule has 0 saturated heterocycles. The first-order chi connectivity index (χ1) is 13.9. The van der Waals surface area contributed by atoms with Gasteiger partial charge in [0.2, 0.25) is 0 Å². The van der Waals surface area contributed by atoms with Gasteiger partial charge in [0.15, 0.2) is 11.5 Å². The van der Waals surface area contributed by atoms with Crippen LogP contribution >= 0.6 is 0 Å². The van der Waals surface area contributed by atoms with Crippen molar-refractivity contribution < 1.29 is 19.2 Å². The van der Waals surface area contributed by atoms with E-state index in [9.17, 15) is 14.9 Å². The number of nitro benzene ring substituents is 1. The zero-order valence-electron chi connectivity index (χ0n) is 16.4. The minimum atomic E-state index is -0.543. The van der Waals surface area contributed by atoms with E-state index in [2.05, 4.69) is 5.32 Å². The molecule has 0 aromatic heterocycles. The molecule has 152 valence electrons. The first kappa shape index (κ1) is 19.0. The average molecular weight is 397 g/mol. The monoisotopic (exact) mass is 397 g/mol. The third-order valence-electron chi connectivity index (χ3n) is 5.62. The molecule has 1 aliphatic heterocycles. The highest BCUT2D eigenvalue weighted by molar-refractivity contribution is 5.90. The molecule has 1 heterocycles. The van der Waals surface area contributed by atoms with Crippen molar-refractivity contribution in [1.29, 1.82) is 0 Å². The number of urea groups is 1. The molecule has 2 aromatic rings. The van der Waals surface area contributed by atoms with Crippen LogP contribution < -0.4 is 14.8 Å². The molecule has 0 unspecified atom stereocenters. The molecule has 0 bridgehead atoms. The van der Waals surface area contributed by atoms with Crippen molar-refractivity contribution in [3.63, 3.8) is 0 Å². The number of fused-ring (bicyclic) bond motifs is 1. The highest BCUT2D eigenvalue weighted by atomic mass is 16.7. The molecular weight excluding hydrogens is 374 g/mol. The Balaban J connectivity index is 1.44. The van der Waals surface area contributed by atoms with Crippen LogP contribution in [0.5, 0.6) is 11.5 Å². The molecule has 1 fully saturated rings. The normalized spacial score (nSPS) is 17.2. The van der Waals surface area contributed by atoms with E-state index in [0.29, 0.717) is 22.7 Å². The van der Waals surface area contributed by atoms with Crippen LogP contribution in [-0.4, -0.2) is 28.7 Å². The summed E-state index contributed by atoms with van der Waals surface area (Å²) in [7, 11) is 1.65. The summed E-state index contributed by atoms with van der Waals surface area (Å²) < 4.78 is 12.0. The SMILES string of the molecule is C[C@@H](c1cccc([N+](=O)[O-])c1)N(C)C(=O)Nc1ccc2c(c1)OC1(CCCC1)O2. The summed E-state index contributed by atoms with van der Waals surface area (Å²) in [5.41, 5.74) is 1.29. The minimum Gasteiger partial charge on any atom is -0.448 e. The van der Waals surface area contributed by atoms with Gasteiger partial charge in [0.25, 0.3) is 11.5 Å². The molecule has 2 aliphatic rings. The Morgan fingerprint density at radius 2 is 1.90 bits per heavy atom. The van der Waals surface area contributed by atoms with Crippen molar-refractivity contribution in [2.45, 2.75) is 44.4 Å². The lowest BCUT2D eigenvalue weighted by molar-refractivity contribution is -0.384. The van der Waals surface area contributed by atoms with Gasteiger partial charge in [0.1, 0.15) is 0 Å². The third-order valence-corrected chi connectivity index (χ3v) is 5.62. The highest BCUT2D eigenvalue weighted by Crippen LogP contribution is 2.47. The fourth-order valence-corrected chi connectivity index (χ4v) is 3.80. The quantitative estimate of drug-likeness (QED) is 0.587. The van der Waals surface area contributed by atoms with Crippen LogP contribution in [0.15, 0.2) is 42.5 Å². The number of carbonyl (C=O) groups excluding carboxylic acids is 1. The van der Waals surface area contributed by atoms with Crippen LogP contribution in [0.2, 0.25) is 0 Å². The van der Waals surface area contributed by atoms with Gasteiger partial charge in [0, 0.05) is 43.8 Å². The van der Waals surface area contributed by atoms with Crippen LogP contribution in [0.25, 0.3) is 0 Å². The van der Waals surface area contributed by atoms with Crippen molar-refractivity contribution in [3.05, 3.63) is 58.1 Å². The number of hydrogen-bond acceptors (Lipinski definition) is 5. The predicted molar refractivity (Wildman–Crippen MR) is 107 cm³/mol. The summed E-state index contributed by atoms with van der Waals surface area (Å²) in [5, 5.41) is 13.9. The van der Waals surface area contributed by atoms with Gasteiger partial charge in [-0.15, -0.1) is 0 Å². The van der Waals surface area contributed by atoms with Gasteiger partial charge in [-0.2, -0.15) is 0 Å². The Bertz CT molecular complexity index is 955. The lowest BCUT2D eigenvalue weighted by Crippen LogP contribution is -2.34. The largest absolute Gasteiger partial charge is 0.448 e. The maximum Gasteiger partial charge on any atom is 0.322 e. The standard InChI is InChI=1S/C21H23N3O5/c1-14(15-6-5-7-17(12-15)24(26)27)23(2)20(25)22-16-8-9-18-19(13-16)29-21(28-18)10-3-4-11-21/h5-9,12-14H,3-4,10-11H2,1-2H3,(H,22,25)/t14-/m0/s1. The third kappa shape index (κ3) is 3.70. The van der Waals surface area contributed by atoms with Crippen LogP contribution in [0.4, 0.5) is 16.2 Å². The zero-order valence-corrected chi connectivity index (χ0v) is 16.4. The van der Waals surface area contributed by atoms with Gasteiger partial charge in [-0.1, -0.05) is 12.1 Å². The molecule has 8 nitrogen and oxygen atoms in total. The van der Waals surface area contributed by atoms with Crippen LogP contribution in [-0.2, 0) is 0 Å². The van der Waals surface area contributed by atoms with Crippen molar-refractivity contribution in [3.8, 4) is 11.5 Å². The van der Waals surface area contributed by atoms with Gasteiger partial charge < -0.3 is 19.7 Å². The second-order valence-corrected chi connectivity index (χ2v) is 7.55. The predicted octanol–water partition coefficient (Wildman–Crippen LogP) is 4.86. The van der Waals surface area contributed by atoms with Crippen molar-refractivity contribution in [2.75, 3.05) is 12.4 Å². The maximum absolute atomic E-state index is 12.7. The Morgan fingerprint density at radius 3 is 2.62 bits per heavy atom. The molecule has 2 aromatic carbocycles. The lowest BCUT2D eigenvalue weighted by atomic mass is 10.1. The molecule has 0 radical (unpaired) electrons. The molecule has 8 heteroatoms. The number of nitrogens with zero attached hydrogens (tertiary/aromatic N) is 2. The van der Waals surface area contributed by atoms with Gasteiger partial charge in [-0.05, 0) is 37.5 Å². The number of nitrogens with one attached hydrogen (secondary N) is 1. The van der Waals surface area contributed by atoms with Crippen molar-refractivity contribution in [1.82, 2.24) is 4.90 Å². The smallest absolute Gasteiger partial charge is 0.322 e. The summed E-state index contributed by atoms with van der Waals surface area (Å²) >= 11 is 0. The number of non-ortho nitro benzene ring substituents is 1. The molecule has 29 heavy (non-hydrogen) atoms. The highest BCUT2D eigenvalue weighted by Gasteiger charge is 2.44. The number of ether oxygens (including phenoxy) is 2. The number of amides is 2. The number of carbonyl (C=O) groups is 1. The van der Waals surface area contributed by atoms with E-state index < -0.39 is 10.7 Å². The molecular formula is C21H23N3O5. The van der Waals surface area contributed by atoms with E-state index in [4.69, 9.17) is 9.47 Å². The van der Waals surface area contributed by atoms with Gasteiger partial charge >= 0.3 is 6.03 Å². The van der Waals surface area contributed by atoms with Crippen LogP contribution in [0.1, 0.15) is 44.2 Å². The Morgan fingerprint density at radius 1 is 1.17 bits per heavy atom. The molecule has 1 spiro atoms. The fraction of sp³-hybridized carbons (Fsp3) is 0.381. The molecule has 4 rings (SSSR count).